The third kappa shape index (κ3) is 8.05. The average Bonchev–Trinajstić information content (AvgIpc) is 2.38. The van der Waals surface area contributed by atoms with E-state index in [1.807, 2.05) is 0 Å². The smallest absolute Gasteiger partial charge is 0.408 e. The average molecular weight is 338 g/mol. The minimum Gasteiger partial charge on any atom is -0.467 e. The third-order valence-corrected chi connectivity index (χ3v) is 2.91. The summed E-state index contributed by atoms with van der Waals surface area (Å²) in [5, 5.41) is 4.81. The molecule has 21 heavy (non-hydrogen) atoms. The van der Waals surface area contributed by atoms with Gasteiger partial charge in [0.2, 0.25) is 5.91 Å². The van der Waals surface area contributed by atoms with Crippen molar-refractivity contribution in [1.29, 1.82) is 0 Å². The highest BCUT2D eigenvalue weighted by molar-refractivity contribution is 7.80. The SMILES string of the molecule is COC(=O)[C@H](CS)NC(=O)[C@H](CS)NC(=O)OC(C)(C)C. The van der Waals surface area contributed by atoms with Crippen molar-refractivity contribution in [2.24, 2.45) is 0 Å². The van der Waals surface area contributed by atoms with Crippen LogP contribution in [-0.2, 0) is 19.1 Å². The van der Waals surface area contributed by atoms with Crippen molar-refractivity contribution in [3.63, 3.8) is 0 Å². The zero-order valence-corrected chi connectivity index (χ0v) is 14.3. The lowest BCUT2D eigenvalue weighted by atomic mass is 10.2. The fourth-order valence-electron chi connectivity index (χ4n) is 1.24. The van der Waals surface area contributed by atoms with E-state index in [-0.39, 0.29) is 11.5 Å². The van der Waals surface area contributed by atoms with Crippen LogP contribution in [0.5, 0.6) is 0 Å². The van der Waals surface area contributed by atoms with Crippen LogP contribution in [0, 0.1) is 0 Å². The Balaban J connectivity index is 4.62. The largest absolute Gasteiger partial charge is 0.467 e. The number of rotatable bonds is 6. The van der Waals surface area contributed by atoms with Gasteiger partial charge in [-0.05, 0) is 20.8 Å². The van der Waals surface area contributed by atoms with Crippen LogP contribution in [-0.4, -0.2) is 54.3 Å². The molecule has 0 aliphatic heterocycles. The van der Waals surface area contributed by atoms with Crippen molar-refractivity contribution >= 4 is 43.2 Å². The van der Waals surface area contributed by atoms with E-state index >= 15 is 0 Å². The lowest BCUT2D eigenvalue weighted by Gasteiger charge is -2.23. The Bertz CT molecular complexity index is 384. The minimum atomic E-state index is -0.935. The molecular weight excluding hydrogens is 316 g/mol. The van der Waals surface area contributed by atoms with E-state index in [1.54, 1.807) is 20.8 Å². The lowest BCUT2D eigenvalue weighted by Crippen LogP contribution is -2.53. The van der Waals surface area contributed by atoms with Gasteiger partial charge < -0.3 is 20.1 Å². The maximum Gasteiger partial charge on any atom is 0.408 e. The Hall–Kier alpha value is -1.09. The Morgan fingerprint density at radius 1 is 1.05 bits per heavy atom. The van der Waals surface area contributed by atoms with E-state index in [0.717, 1.165) is 0 Å². The summed E-state index contributed by atoms with van der Waals surface area (Å²) >= 11 is 7.96. The number of hydrogen-bond acceptors (Lipinski definition) is 7. The highest BCUT2D eigenvalue weighted by Gasteiger charge is 2.27. The molecule has 0 aliphatic carbocycles. The van der Waals surface area contributed by atoms with E-state index in [2.05, 4.69) is 40.6 Å². The molecule has 0 rings (SSSR count). The number of thiol groups is 2. The van der Waals surface area contributed by atoms with Gasteiger partial charge in [0.25, 0.3) is 0 Å². The number of carbonyl (C=O) groups is 3. The van der Waals surface area contributed by atoms with E-state index < -0.39 is 35.7 Å². The summed E-state index contributed by atoms with van der Waals surface area (Å²) in [4.78, 5) is 35.0. The van der Waals surface area contributed by atoms with Gasteiger partial charge >= 0.3 is 12.1 Å². The summed E-state index contributed by atoms with van der Waals surface area (Å²) in [7, 11) is 1.21. The molecular formula is C12H22N2O5S2. The first-order chi connectivity index (χ1) is 9.64. The van der Waals surface area contributed by atoms with Crippen LogP contribution in [0.4, 0.5) is 4.79 Å². The minimum absolute atomic E-state index is 0.0472. The van der Waals surface area contributed by atoms with Crippen LogP contribution in [0.1, 0.15) is 20.8 Å². The second-order valence-corrected chi connectivity index (χ2v) is 5.88. The predicted molar refractivity (Wildman–Crippen MR) is 84.8 cm³/mol. The summed E-state index contributed by atoms with van der Waals surface area (Å²) in [5.41, 5.74) is -0.679. The van der Waals surface area contributed by atoms with Gasteiger partial charge in [-0.1, -0.05) is 0 Å². The van der Waals surface area contributed by atoms with Gasteiger partial charge in [-0.25, -0.2) is 9.59 Å². The summed E-state index contributed by atoms with van der Waals surface area (Å²) < 4.78 is 9.58. The summed E-state index contributed by atoms with van der Waals surface area (Å²) in [6.07, 6.45) is -0.739. The Morgan fingerprint density at radius 2 is 1.57 bits per heavy atom. The Kier molecular flexibility index (Phi) is 8.57. The van der Waals surface area contributed by atoms with Crippen LogP contribution in [0.2, 0.25) is 0 Å². The zero-order chi connectivity index (χ0) is 16.6. The first-order valence-corrected chi connectivity index (χ1v) is 7.50. The molecule has 7 nitrogen and oxygen atoms in total. The molecule has 0 unspecified atom stereocenters. The van der Waals surface area contributed by atoms with Crippen molar-refractivity contribution in [2.75, 3.05) is 18.6 Å². The number of hydrogen-bond donors (Lipinski definition) is 4. The van der Waals surface area contributed by atoms with E-state index in [1.165, 1.54) is 7.11 Å². The van der Waals surface area contributed by atoms with E-state index in [4.69, 9.17) is 4.74 Å². The number of methoxy groups -OCH3 is 1. The third-order valence-electron chi connectivity index (χ3n) is 2.17. The maximum absolute atomic E-state index is 12.0. The van der Waals surface area contributed by atoms with Crippen molar-refractivity contribution in [3.8, 4) is 0 Å². The highest BCUT2D eigenvalue weighted by Crippen LogP contribution is 2.07. The van der Waals surface area contributed by atoms with Gasteiger partial charge in [0.1, 0.15) is 17.7 Å². The molecule has 122 valence electrons. The topological polar surface area (TPSA) is 93.7 Å². The molecule has 0 heterocycles. The monoisotopic (exact) mass is 338 g/mol. The molecule has 2 atom stereocenters. The quantitative estimate of drug-likeness (QED) is 0.415. The molecule has 0 aromatic heterocycles. The predicted octanol–water partition coefficient (Wildman–Crippen LogP) is 0.397. The summed E-state index contributed by atoms with van der Waals surface area (Å²) in [5.74, 6) is -1.07. The van der Waals surface area contributed by atoms with Crippen LogP contribution in [0.25, 0.3) is 0 Å². The fourth-order valence-corrected chi connectivity index (χ4v) is 1.74. The molecule has 9 heteroatoms. The molecule has 0 bridgehead atoms. The van der Waals surface area contributed by atoms with Crippen LogP contribution >= 0.6 is 25.3 Å². The van der Waals surface area contributed by atoms with Crippen molar-refractivity contribution in [3.05, 3.63) is 0 Å². The fraction of sp³-hybridized carbons (Fsp3) is 0.750. The number of ether oxygens (including phenoxy) is 2. The number of carbonyl (C=O) groups excluding carboxylic acids is 3. The normalized spacial score (nSPS) is 13.8. The van der Waals surface area contributed by atoms with Gasteiger partial charge in [-0.15, -0.1) is 0 Å². The highest BCUT2D eigenvalue weighted by atomic mass is 32.1. The van der Waals surface area contributed by atoms with Crippen molar-refractivity contribution < 1.29 is 23.9 Å². The van der Waals surface area contributed by atoms with Crippen molar-refractivity contribution in [1.82, 2.24) is 10.6 Å². The van der Waals surface area contributed by atoms with Gasteiger partial charge in [0.15, 0.2) is 0 Å². The first kappa shape index (κ1) is 19.9. The van der Waals surface area contributed by atoms with Crippen LogP contribution < -0.4 is 10.6 Å². The Morgan fingerprint density at radius 3 is 1.95 bits per heavy atom. The standard InChI is InChI=1S/C12H22N2O5S2/c1-12(2,3)19-11(17)14-7(5-20)9(15)13-8(6-21)10(16)18-4/h7-8,20-21H,5-6H2,1-4H3,(H,13,15)(H,14,17)/t7-,8-/m0/s1. The van der Waals surface area contributed by atoms with E-state index in [9.17, 15) is 14.4 Å². The summed E-state index contributed by atoms with van der Waals surface area (Å²) in [6, 6.07) is -1.83. The van der Waals surface area contributed by atoms with Crippen LogP contribution in [0.15, 0.2) is 0 Å². The summed E-state index contributed by atoms with van der Waals surface area (Å²) in [6.45, 7) is 5.11. The van der Waals surface area contributed by atoms with E-state index in [0.29, 0.717) is 0 Å². The van der Waals surface area contributed by atoms with Gasteiger partial charge in [-0.3, -0.25) is 4.79 Å². The van der Waals surface area contributed by atoms with Gasteiger partial charge in [0, 0.05) is 11.5 Å². The molecule has 2 N–H and O–H groups in total. The number of esters is 1. The maximum atomic E-state index is 12.0. The van der Waals surface area contributed by atoms with Crippen molar-refractivity contribution in [2.45, 2.75) is 38.5 Å². The second kappa shape index (κ2) is 9.04. The molecule has 0 radical (unpaired) electrons. The molecule has 0 spiro atoms. The Labute approximate surface area is 135 Å². The second-order valence-electron chi connectivity index (χ2n) is 5.15. The first-order valence-electron chi connectivity index (χ1n) is 6.24. The molecule has 0 aliphatic rings. The molecule has 2 amide bonds. The number of amides is 2. The number of alkyl carbamates (subject to hydrolysis) is 1. The molecule has 0 saturated carbocycles. The molecule has 0 fully saturated rings. The molecule has 0 aromatic rings. The molecule has 0 saturated heterocycles. The van der Waals surface area contributed by atoms with Gasteiger partial charge in [-0.2, -0.15) is 25.3 Å². The molecule has 0 aromatic carbocycles. The zero-order valence-electron chi connectivity index (χ0n) is 12.5. The number of nitrogens with one attached hydrogen (secondary N) is 2. The van der Waals surface area contributed by atoms with Gasteiger partial charge in [0.05, 0.1) is 7.11 Å². The lowest BCUT2D eigenvalue weighted by molar-refractivity contribution is -0.144. The van der Waals surface area contributed by atoms with Crippen LogP contribution in [0.3, 0.4) is 0 Å².